The maximum absolute atomic E-state index is 7.45. The van der Waals surface area contributed by atoms with Crippen LogP contribution in [0.4, 0.5) is 17.1 Å². The van der Waals surface area contributed by atoms with Crippen LogP contribution in [0.5, 0.6) is 11.5 Å². The van der Waals surface area contributed by atoms with Crippen molar-refractivity contribution in [3.05, 3.63) is 241 Å². The molecule has 0 saturated carbocycles. The van der Waals surface area contributed by atoms with Gasteiger partial charge in [-0.05, 0) is 163 Å². The number of ether oxygens (including phenoxy) is 1. The lowest BCUT2D eigenvalue weighted by molar-refractivity contribution is 0.488. The first-order valence-electron chi connectivity index (χ1n) is 29.1. The van der Waals surface area contributed by atoms with Gasteiger partial charge in [-0.2, -0.15) is 0 Å². The Hall–Kier alpha value is -8.40. The second-order valence-electron chi connectivity index (χ2n) is 27.1. The van der Waals surface area contributed by atoms with Gasteiger partial charge < -0.3 is 9.64 Å². The quantitative estimate of drug-likeness (QED) is 0.154. The summed E-state index contributed by atoms with van der Waals surface area (Å²) in [5.41, 5.74) is 23.8. The molecule has 11 aromatic rings. The molecule has 13 rings (SSSR count). The van der Waals surface area contributed by atoms with Crippen molar-refractivity contribution in [1.29, 1.82) is 0 Å². The van der Waals surface area contributed by atoms with Crippen molar-refractivity contribution in [3.63, 3.8) is 0 Å². The molecule has 0 spiro atoms. The molecule has 2 aliphatic rings. The molecule has 0 atom stereocenters. The maximum atomic E-state index is 7.45. The Labute approximate surface area is 481 Å². The number of anilines is 3. The second-order valence-corrected chi connectivity index (χ2v) is 27.1. The van der Waals surface area contributed by atoms with E-state index in [0.29, 0.717) is 0 Å². The lowest BCUT2D eigenvalue weighted by Crippen LogP contribution is -2.59. The number of fused-ring (bicyclic) bond motifs is 6. The smallest absolute Gasteiger partial charge is 0.256 e. The van der Waals surface area contributed by atoms with E-state index in [-0.39, 0.29) is 28.4 Å². The molecule has 0 amide bonds. The summed E-state index contributed by atoms with van der Waals surface area (Å²) in [5, 5.41) is 4.86. The van der Waals surface area contributed by atoms with Crippen molar-refractivity contribution < 1.29 is 4.74 Å². The highest BCUT2D eigenvalue weighted by molar-refractivity contribution is 6.99. The van der Waals surface area contributed by atoms with Gasteiger partial charge in [0.25, 0.3) is 6.71 Å². The highest BCUT2D eigenvalue weighted by atomic mass is 16.5. The van der Waals surface area contributed by atoms with Gasteiger partial charge in [-0.3, -0.25) is 0 Å². The zero-order chi connectivity index (χ0) is 56.3. The van der Waals surface area contributed by atoms with Gasteiger partial charge in [0, 0.05) is 22.5 Å². The van der Waals surface area contributed by atoms with Crippen LogP contribution in [-0.4, -0.2) is 6.71 Å². The van der Waals surface area contributed by atoms with Crippen LogP contribution in [0, 0.1) is 0 Å². The van der Waals surface area contributed by atoms with Crippen LogP contribution in [0.2, 0.25) is 0 Å². The molecular weight excluding hydrogens is 978 g/mol. The van der Waals surface area contributed by atoms with Crippen LogP contribution in [0.25, 0.3) is 77.2 Å². The molecule has 0 fully saturated rings. The number of hydrogen-bond acceptors (Lipinski definition) is 2. The zero-order valence-corrected chi connectivity index (χ0v) is 49.2. The highest BCUT2D eigenvalue weighted by Gasteiger charge is 2.44. The van der Waals surface area contributed by atoms with E-state index in [4.69, 9.17) is 4.74 Å². The fourth-order valence-electron chi connectivity index (χ4n) is 12.4. The number of hydrogen-bond donors (Lipinski definition) is 0. The molecule has 398 valence electrons. The summed E-state index contributed by atoms with van der Waals surface area (Å²) in [7, 11) is 0. The third kappa shape index (κ3) is 9.45. The van der Waals surface area contributed by atoms with Crippen molar-refractivity contribution in [1.82, 2.24) is 0 Å². The number of rotatable bonds is 6. The van der Waals surface area contributed by atoms with Crippen molar-refractivity contribution in [2.24, 2.45) is 0 Å². The zero-order valence-electron chi connectivity index (χ0n) is 49.2. The van der Waals surface area contributed by atoms with Crippen LogP contribution >= 0.6 is 0 Å². The first kappa shape index (κ1) is 52.0. The van der Waals surface area contributed by atoms with Gasteiger partial charge in [-0.1, -0.05) is 265 Å². The Morgan fingerprint density at radius 2 is 0.741 bits per heavy atom. The summed E-state index contributed by atoms with van der Waals surface area (Å²) in [6.07, 6.45) is 0. The van der Waals surface area contributed by atoms with E-state index in [2.05, 4.69) is 306 Å². The first-order chi connectivity index (χ1) is 38.6. The SMILES string of the molecule is CC(C)(C)c1cc(-c2ccc3c(c2)B2c4cc(-c5cc(C(C)(C)C)cc(C(C)(C)C)c5)ccc4N(c4c(-c5ccc6ccccc6c5)cccc4-c4ccc5ccccc5c4)c4cc(-c5ccccc5)cc(c42)O3)cc(C(C)(C)C)c1. The maximum Gasteiger partial charge on any atom is 0.256 e. The molecule has 11 aromatic carbocycles. The second kappa shape index (κ2) is 19.1. The van der Waals surface area contributed by atoms with Gasteiger partial charge in [-0.15, -0.1) is 0 Å². The predicted molar refractivity (Wildman–Crippen MR) is 349 cm³/mol. The Balaban J connectivity index is 1.14. The summed E-state index contributed by atoms with van der Waals surface area (Å²) in [6.45, 7) is 27.8. The summed E-state index contributed by atoms with van der Waals surface area (Å²) in [6, 6.07) is 82.8. The molecule has 0 aliphatic carbocycles. The minimum atomic E-state index is -0.174. The minimum Gasteiger partial charge on any atom is -0.458 e. The van der Waals surface area contributed by atoms with E-state index in [1.807, 2.05) is 0 Å². The molecule has 0 N–H and O–H groups in total. The molecule has 3 heteroatoms. The fraction of sp³-hybridized carbons (Fsp3) is 0.205. The largest absolute Gasteiger partial charge is 0.458 e. The summed E-state index contributed by atoms with van der Waals surface area (Å²) in [4.78, 5) is 2.61. The van der Waals surface area contributed by atoms with Gasteiger partial charge in [0.05, 0.1) is 5.69 Å². The normalized spacial score (nSPS) is 13.2. The average Bonchev–Trinajstić information content (AvgIpc) is 1.98. The summed E-state index contributed by atoms with van der Waals surface area (Å²) < 4.78 is 7.45. The van der Waals surface area contributed by atoms with Crippen molar-refractivity contribution >= 4 is 61.7 Å². The monoisotopic (exact) mass is 1050 g/mol. The van der Waals surface area contributed by atoms with Crippen LogP contribution in [0.15, 0.2) is 218 Å². The molecule has 0 unspecified atom stereocenters. The van der Waals surface area contributed by atoms with Crippen LogP contribution in [-0.2, 0) is 21.7 Å². The van der Waals surface area contributed by atoms with Gasteiger partial charge in [-0.25, -0.2) is 0 Å². The van der Waals surface area contributed by atoms with Gasteiger partial charge in [0.1, 0.15) is 11.5 Å². The molecular formula is C78H72BNO. The van der Waals surface area contributed by atoms with Crippen LogP contribution in [0.3, 0.4) is 0 Å². The van der Waals surface area contributed by atoms with Crippen LogP contribution < -0.4 is 26.0 Å². The summed E-state index contributed by atoms with van der Waals surface area (Å²) in [5.74, 6) is 1.76. The van der Waals surface area contributed by atoms with E-state index in [1.165, 1.54) is 82.4 Å². The van der Waals surface area contributed by atoms with Gasteiger partial charge in [0.2, 0.25) is 0 Å². The van der Waals surface area contributed by atoms with Crippen molar-refractivity contribution in [2.45, 2.75) is 105 Å². The lowest BCUT2D eigenvalue weighted by atomic mass is 9.34. The van der Waals surface area contributed by atoms with E-state index in [9.17, 15) is 0 Å². The third-order valence-corrected chi connectivity index (χ3v) is 17.3. The average molecular weight is 1050 g/mol. The predicted octanol–water partition coefficient (Wildman–Crippen LogP) is 19.9. The van der Waals surface area contributed by atoms with Gasteiger partial charge in [0.15, 0.2) is 0 Å². The Bertz CT molecular complexity index is 4140. The van der Waals surface area contributed by atoms with E-state index < -0.39 is 0 Å². The van der Waals surface area contributed by atoms with E-state index in [0.717, 1.165) is 61.9 Å². The lowest BCUT2D eigenvalue weighted by Gasteiger charge is -2.42. The molecule has 0 saturated heterocycles. The number of para-hydroxylation sites is 1. The Kier molecular flexibility index (Phi) is 12.3. The Morgan fingerprint density at radius 1 is 0.296 bits per heavy atom. The highest BCUT2D eigenvalue weighted by Crippen LogP contribution is 2.51. The third-order valence-electron chi connectivity index (χ3n) is 17.3. The molecule has 0 bridgehead atoms. The summed E-state index contributed by atoms with van der Waals surface area (Å²) >= 11 is 0. The molecule has 0 radical (unpaired) electrons. The molecule has 2 aliphatic heterocycles. The standard InChI is InChI=1S/C78H72BNO/c1-75(2,3)61-39-58(40-62(47-61)76(4,5)6)54-33-35-69-67(43-54)79-68-44-55(59-41-63(77(7,8)9)48-64(42-59)78(10,11)12)34-36-71(68)81-72-46-60(49-21-14-13-15-22-49)45-70(73(72)79)80(69)74-65(56-31-29-50-23-16-18-25-52(50)37-56)27-20-28-66(74)57-32-30-51-24-17-19-26-53(51)38-57/h13-48H,1-12H3. The number of nitrogens with zero attached hydrogens (tertiary/aromatic N) is 1. The first-order valence-corrected chi connectivity index (χ1v) is 29.1. The van der Waals surface area contributed by atoms with Crippen molar-refractivity contribution in [2.75, 3.05) is 4.90 Å². The minimum absolute atomic E-state index is 0.0359. The van der Waals surface area contributed by atoms with Crippen LogP contribution in [0.1, 0.15) is 105 Å². The molecule has 81 heavy (non-hydrogen) atoms. The molecule has 2 nitrogen and oxygen atoms in total. The molecule has 0 aromatic heterocycles. The Morgan fingerprint density at radius 3 is 1.25 bits per heavy atom. The topological polar surface area (TPSA) is 12.5 Å². The fourth-order valence-corrected chi connectivity index (χ4v) is 12.4. The van der Waals surface area contributed by atoms with E-state index in [1.54, 1.807) is 0 Å². The van der Waals surface area contributed by atoms with E-state index >= 15 is 0 Å². The number of benzene rings is 11. The van der Waals surface area contributed by atoms with Crippen molar-refractivity contribution in [3.8, 4) is 67.1 Å². The van der Waals surface area contributed by atoms with Gasteiger partial charge >= 0.3 is 0 Å². The molecule has 2 heterocycles.